The normalized spacial score (nSPS) is 14.4. The van der Waals surface area contributed by atoms with E-state index in [1.165, 1.54) is 57.8 Å². The molecule has 0 aromatic heterocycles. The highest BCUT2D eigenvalue weighted by Crippen LogP contribution is 2.14. The minimum atomic E-state index is -1.03. The maximum atomic E-state index is 11.9. The Morgan fingerprint density at radius 3 is 1.57 bits per heavy atom. The molecule has 0 spiro atoms. The van der Waals surface area contributed by atoms with Crippen molar-refractivity contribution in [2.75, 3.05) is 13.2 Å². The number of hydrogen-bond donors (Lipinski definition) is 3. The molecule has 0 rings (SSSR count). The zero-order valence-electron chi connectivity index (χ0n) is 31.1. The number of carbonyl (C=O) groups excluding carboxylic acids is 2. The molecule has 0 fully saturated rings. The van der Waals surface area contributed by atoms with Crippen molar-refractivity contribution in [2.24, 2.45) is 5.92 Å². The molecule has 0 amide bonds. The Morgan fingerprint density at radius 2 is 1.04 bits per heavy atom. The lowest BCUT2D eigenvalue weighted by Crippen LogP contribution is -2.25. The van der Waals surface area contributed by atoms with Gasteiger partial charge in [-0.05, 0) is 44.4 Å². The molecule has 0 aliphatic heterocycles. The quantitative estimate of drug-likeness (QED) is 0.0280. The Morgan fingerprint density at radius 1 is 0.571 bits per heavy atom. The van der Waals surface area contributed by atoms with E-state index in [-0.39, 0.29) is 25.6 Å². The van der Waals surface area contributed by atoms with Crippen molar-refractivity contribution in [1.82, 2.24) is 0 Å². The molecule has 7 nitrogen and oxygen atoms in total. The molecule has 0 aromatic rings. The van der Waals surface area contributed by atoms with Crippen LogP contribution in [-0.4, -0.2) is 58.8 Å². The molecule has 0 saturated carbocycles. The van der Waals surface area contributed by atoms with Gasteiger partial charge in [0.05, 0.1) is 12.2 Å². The van der Waals surface area contributed by atoms with Crippen LogP contribution in [0.15, 0.2) is 72.9 Å². The molecule has 3 N–H and O–H groups in total. The van der Waals surface area contributed by atoms with Gasteiger partial charge >= 0.3 is 11.9 Å². The first-order valence-corrected chi connectivity index (χ1v) is 19.1. The van der Waals surface area contributed by atoms with Gasteiger partial charge < -0.3 is 24.8 Å². The van der Waals surface area contributed by atoms with Crippen LogP contribution >= 0.6 is 0 Å². The van der Waals surface area contributed by atoms with Gasteiger partial charge in [-0.3, -0.25) is 9.59 Å². The summed E-state index contributed by atoms with van der Waals surface area (Å²) in [6.45, 7) is 6.27. The number of aliphatic hydroxyl groups excluding tert-OH is 3. The molecule has 3 atom stereocenters. The summed E-state index contributed by atoms with van der Waals surface area (Å²) in [5.41, 5.74) is 0. The van der Waals surface area contributed by atoms with Crippen molar-refractivity contribution in [3.8, 4) is 0 Å². The van der Waals surface area contributed by atoms with E-state index in [0.717, 1.165) is 31.6 Å². The third kappa shape index (κ3) is 36.4. The number of rotatable bonds is 32. The van der Waals surface area contributed by atoms with Crippen molar-refractivity contribution < 1.29 is 34.4 Å². The topological polar surface area (TPSA) is 113 Å². The Hall–Kier alpha value is -2.74. The molecule has 0 saturated heterocycles. The zero-order chi connectivity index (χ0) is 36.2. The number of ether oxygens (including phenoxy) is 2. The second-order valence-electron chi connectivity index (χ2n) is 13.2. The van der Waals surface area contributed by atoms with Crippen LogP contribution in [0.5, 0.6) is 0 Å². The summed E-state index contributed by atoms with van der Waals surface area (Å²) in [6.07, 6.45) is 38.9. The van der Waals surface area contributed by atoms with Gasteiger partial charge in [-0.15, -0.1) is 0 Å². The van der Waals surface area contributed by atoms with Gasteiger partial charge in [0.25, 0.3) is 0 Å². The molecule has 49 heavy (non-hydrogen) atoms. The minimum absolute atomic E-state index is 0.170. The predicted octanol–water partition coefficient (Wildman–Crippen LogP) is 9.58. The first-order valence-electron chi connectivity index (χ1n) is 19.1. The van der Waals surface area contributed by atoms with Gasteiger partial charge in [0, 0.05) is 12.8 Å². The molecule has 280 valence electrons. The van der Waals surface area contributed by atoms with E-state index in [0.29, 0.717) is 32.1 Å². The maximum Gasteiger partial charge on any atom is 0.306 e. The Bertz CT molecular complexity index is 960. The fourth-order valence-corrected chi connectivity index (χ4v) is 4.88. The molecule has 0 aliphatic rings. The van der Waals surface area contributed by atoms with Gasteiger partial charge in [-0.2, -0.15) is 0 Å². The highest BCUT2D eigenvalue weighted by molar-refractivity contribution is 5.70. The second-order valence-corrected chi connectivity index (χ2v) is 13.2. The van der Waals surface area contributed by atoms with Crippen LogP contribution in [0.1, 0.15) is 143 Å². The highest BCUT2D eigenvalue weighted by atomic mass is 16.6. The van der Waals surface area contributed by atoms with Crippen molar-refractivity contribution in [3.05, 3.63) is 72.9 Å². The lowest BCUT2D eigenvalue weighted by molar-refractivity contribution is -0.152. The number of unbranched alkanes of at least 4 members (excludes halogenated alkanes) is 10. The van der Waals surface area contributed by atoms with Gasteiger partial charge in [-0.1, -0.05) is 164 Å². The van der Waals surface area contributed by atoms with Crippen molar-refractivity contribution in [1.29, 1.82) is 0 Å². The van der Waals surface area contributed by atoms with Gasteiger partial charge in [0.2, 0.25) is 0 Å². The molecule has 7 heteroatoms. The Balaban J connectivity index is 3.73. The molecule has 0 radical (unpaired) electrons. The zero-order valence-corrected chi connectivity index (χ0v) is 31.1. The van der Waals surface area contributed by atoms with Crippen molar-refractivity contribution >= 4 is 11.9 Å². The van der Waals surface area contributed by atoms with Crippen LogP contribution in [0.25, 0.3) is 0 Å². The number of allylic oxidation sites excluding steroid dienone is 8. The second kappa shape index (κ2) is 35.1. The average molecular weight is 687 g/mol. The number of hydrogen-bond acceptors (Lipinski definition) is 7. The van der Waals surface area contributed by atoms with E-state index < -0.39 is 24.3 Å². The Kier molecular flexibility index (Phi) is 33.1. The summed E-state index contributed by atoms with van der Waals surface area (Å²) >= 11 is 0. The van der Waals surface area contributed by atoms with Gasteiger partial charge in [-0.25, -0.2) is 0 Å². The van der Waals surface area contributed by atoms with E-state index in [9.17, 15) is 24.9 Å². The number of esters is 2. The minimum Gasteiger partial charge on any atom is -0.463 e. The summed E-state index contributed by atoms with van der Waals surface area (Å²) in [5, 5.41) is 29.8. The SMILES string of the molecule is CC/C=C\C[C@@H](O)/C=C/C=C\C=C\[C@@H](O)C/C=C\C/C=C\CCC(=O)OC[C@H](O)COC(=O)CCCCCCCCCCCCCC(C)C. The van der Waals surface area contributed by atoms with Crippen LogP contribution in [0.3, 0.4) is 0 Å². The van der Waals surface area contributed by atoms with Crippen LogP contribution in [0.4, 0.5) is 0 Å². The maximum absolute atomic E-state index is 11.9. The summed E-state index contributed by atoms with van der Waals surface area (Å²) in [4.78, 5) is 23.9. The predicted molar refractivity (Wildman–Crippen MR) is 203 cm³/mol. The van der Waals surface area contributed by atoms with Gasteiger partial charge in [0.15, 0.2) is 0 Å². The first-order chi connectivity index (χ1) is 23.7. The fourth-order valence-electron chi connectivity index (χ4n) is 4.88. The first kappa shape index (κ1) is 46.3. The number of carbonyl (C=O) groups is 2. The lowest BCUT2D eigenvalue weighted by atomic mass is 10.0. The van der Waals surface area contributed by atoms with Crippen LogP contribution in [-0.2, 0) is 19.1 Å². The standard InChI is InChI=1S/C42H70O7/c1-4-5-21-29-38(43)31-24-19-20-25-32-39(44)30-23-16-13-14-18-27-34-42(47)49-36-40(45)35-48-41(46)33-26-17-12-10-8-6-7-9-11-15-22-28-37(2)3/h5,14,16,18-21,23-25,31-32,37-40,43-45H,4,6-13,15,17,22,26-30,33-36H2,1-3H3/b18-14-,20-19-,21-5-,23-16-,31-24+,32-25+/t38-,39+,40-/m1/s1. The lowest BCUT2D eigenvalue weighted by Gasteiger charge is -2.12. The molecule has 0 unspecified atom stereocenters. The monoisotopic (exact) mass is 687 g/mol. The van der Waals surface area contributed by atoms with E-state index in [1.54, 1.807) is 24.3 Å². The number of aliphatic hydroxyl groups is 3. The summed E-state index contributed by atoms with van der Waals surface area (Å²) in [5.74, 6) is 0.0898. The van der Waals surface area contributed by atoms with E-state index in [2.05, 4.69) is 20.8 Å². The van der Waals surface area contributed by atoms with Crippen LogP contribution in [0, 0.1) is 5.92 Å². The largest absolute Gasteiger partial charge is 0.463 e. The van der Waals surface area contributed by atoms with E-state index in [4.69, 9.17) is 9.47 Å². The van der Waals surface area contributed by atoms with Gasteiger partial charge in [0.1, 0.15) is 19.3 Å². The molecule has 0 bridgehead atoms. The van der Waals surface area contributed by atoms with Crippen LogP contribution < -0.4 is 0 Å². The molecule has 0 heterocycles. The smallest absolute Gasteiger partial charge is 0.306 e. The average Bonchev–Trinajstić information content (AvgIpc) is 3.07. The van der Waals surface area contributed by atoms with Crippen LogP contribution in [0.2, 0.25) is 0 Å². The van der Waals surface area contributed by atoms with E-state index in [1.807, 2.05) is 48.6 Å². The third-order valence-corrected chi connectivity index (χ3v) is 7.81. The van der Waals surface area contributed by atoms with Crippen molar-refractivity contribution in [2.45, 2.75) is 161 Å². The molecular formula is C42H70O7. The summed E-state index contributed by atoms with van der Waals surface area (Å²) in [7, 11) is 0. The summed E-state index contributed by atoms with van der Waals surface area (Å²) < 4.78 is 10.2. The van der Waals surface area contributed by atoms with Crippen molar-refractivity contribution in [3.63, 3.8) is 0 Å². The summed E-state index contributed by atoms with van der Waals surface area (Å²) in [6, 6.07) is 0. The van der Waals surface area contributed by atoms with E-state index >= 15 is 0 Å². The molecule has 0 aromatic carbocycles. The molecular weight excluding hydrogens is 616 g/mol. The Labute approximate surface area is 298 Å². The third-order valence-electron chi connectivity index (χ3n) is 7.81. The molecule has 0 aliphatic carbocycles. The fraction of sp³-hybridized carbons (Fsp3) is 0.667. The highest BCUT2D eigenvalue weighted by Gasteiger charge is 2.11.